The molecule has 1 saturated heterocycles. The molecule has 0 saturated carbocycles. The molecule has 2 heterocycles. The van der Waals surface area contributed by atoms with Crippen molar-refractivity contribution in [3.63, 3.8) is 0 Å². The maximum atomic E-state index is 13.6. The van der Waals surface area contributed by atoms with Crippen molar-refractivity contribution < 1.29 is 9.90 Å². The fourth-order valence-electron chi connectivity index (χ4n) is 4.86. The molecule has 5 rings (SSSR count). The first-order valence-electron chi connectivity index (χ1n) is 12.2. The molecule has 4 aromatic rings. The summed E-state index contributed by atoms with van der Waals surface area (Å²) in [5.74, 6) is 0.737. The highest BCUT2D eigenvalue weighted by molar-refractivity contribution is 6.04. The molecule has 1 fully saturated rings. The van der Waals surface area contributed by atoms with Gasteiger partial charge in [0.05, 0.1) is 11.9 Å². The van der Waals surface area contributed by atoms with Crippen molar-refractivity contribution in [3.05, 3.63) is 106 Å². The Kier molecular flexibility index (Phi) is 6.62. The van der Waals surface area contributed by atoms with E-state index >= 15 is 0 Å². The number of nitrogens with zero attached hydrogens (tertiary/aromatic N) is 3. The summed E-state index contributed by atoms with van der Waals surface area (Å²) in [4.78, 5) is 28.5. The molecule has 0 spiro atoms. The number of hydrogen-bond acceptors (Lipinski definition) is 4. The molecule has 1 aromatic heterocycles. The summed E-state index contributed by atoms with van der Waals surface area (Å²) in [7, 11) is 0. The van der Waals surface area contributed by atoms with Crippen LogP contribution in [0.4, 0.5) is 0 Å². The fraction of sp³-hybridized carbons (Fsp3) is 0.276. The van der Waals surface area contributed by atoms with Crippen molar-refractivity contribution in [2.24, 2.45) is 5.92 Å². The molecule has 0 bridgehead atoms. The Morgan fingerprint density at radius 3 is 2.23 bits per heavy atom. The zero-order valence-corrected chi connectivity index (χ0v) is 19.6. The number of phenols is 1. The summed E-state index contributed by atoms with van der Waals surface area (Å²) < 4.78 is 1.41. The second-order valence-corrected chi connectivity index (χ2v) is 9.28. The number of likely N-dealkylation sites (tertiary alicyclic amines) is 1. The van der Waals surface area contributed by atoms with Crippen LogP contribution in [-0.2, 0) is 13.0 Å². The first-order valence-corrected chi connectivity index (χ1v) is 12.2. The maximum Gasteiger partial charge on any atom is 0.274 e. The molecule has 1 aliphatic rings. The monoisotopic (exact) mass is 467 g/mol. The number of aryl methyl sites for hydroxylation is 1. The van der Waals surface area contributed by atoms with E-state index in [1.165, 1.54) is 10.2 Å². The van der Waals surface area contributed by atoms with Crippen LogP contribution in [-0.4, -0.2) is 38.8 Å². The summed E-state index contributed by atoms with van der Waals surface area (Å²) in [6.45, 7) is 1.70. The molecule has 1 amide bonds. The van der Waals surface area contributed by atoms with Crippen LogP contribution in [0.1, 0.15) is 40.9 Å². The number of benzene rings is 3. The van der Waals surface area contributed by atoms with Gasteiger partial charge in [-0.1, -0.05) is 60.7 Å². The largest absolute Gasteiger partial charge is 0.508 e. The minimum Gasteiger partial charge on any atom is -0.508 e. The van der Waals surface area contributed by atoms with Crippen LogP contribution in [0.15, 0.2) is 83.7 Å². The van der Waals surface area contributed by atoms with Gasteiger partial charge < -0.3 is 10.0 Å². The zero-order valence-electron chi connectivity index (χ0n) is 19.6. The van der Waals surface area contributed by atoms with Crippen molar-refractivity contribution in [1.29, 1.82) is 0 Å². The lowest BCUT2D eigenvalue weighted by atomic mass is 9.90. The summed E-state index contributed by atoms with van der Waals surface area (Å²) >= 11 is 0. The van der Waals surface area contributed by atoms with Gasteiger partial charge in [-0.15, -0.1) is 0 Å². The molecule has 0 atom stereocenters. The summed E-state index contributed by atoms with van der Waals surface area (Å²) in [5, 5.41) is 15.2. The van der Waals surface area contributed by atoms with E-state index in [-0.39, 0.29) is 17.2 Å². The number of piperidine rings is 1. The highest BCUT2D eigenvalue weighted by Gasteiger charge is 2.26. The third-order valence-electron chi connectivity index (χ3n) is 6.92. The molecule has 0 radical (unpaired) electrons. The second-order valence-electron chi connectivity index (χ2n) is 9.28. The van der Waals surface area contributed by atoms with Gasteiger partial charge in [-0.05, 0) is 60.9 Å². The van der Waals surface area contributed by atoms with E-state index in [1.807, 2.05) is 65.6 Å². The zero-order chi connectivity index (χ0) is 24.2. The van der Waals surface area contributed by atoms with Crippen molar-refractivity contribution in [2.45, 2.75) is 32.2 Å². The number of carbonyl (C=O) groups excluding carboxylic acids is 1. The van der Waals surface area contributed by atoms with E-state index in [4.69, 9.17) is 0 Å². The van der Waals surface area contributed by atoms with Crippen molar-refractivity contribution >= 4 is 16.7 Å². The van der Waals surface area contributed by atoms with Crippen LogP contribution in [0.5, 0.6) is 5.75 Å². The Morgan fingerprint density at radius 2 is 1.51 bits per heavy atom. The molecule has 6 heteroatoms. The average molecular weight is 468 g/mol. The smallest absolute Gasteiger partial charge is 0.274 e. The molecule has 6 nitrogen and oxygen atoms in total. The van der Waals surface area contributed by atoms with E-state index < -0.39 is 0 Å². The van der Waals surface area contributed by atoms with Gasteiger partial charge in [0, 0.05) is 18.5 Å². The van der Waals surface area contributed by atoms with E-state index in [0.717, 1.165) is 31.2 Å². The predicted molar refractivity (Wildman–Crippen MR) is 137 cm³/mol. The van der Waals surface area contributed by atoms with Gasteiger partial charge in [0.2, 0.25) is 0 Å². The van der Waals surface area contributed by atoms with Gasteiger partial charge in [-0.2, -0.15) is 5.10 Å². The topological polar surface area (TPSA) is 75.4 Å². The van der Waals surface area contributed by atoms with Crippen LogP contribution in [0, 0.1) is 5.92 Å². The first kappa shape index (κ1) is 22.8. The molecule has 178 valence electrons. The molecular weight excluding hydrogens is 438 g/mol. The average Bonchev–Trinajstić information content (AvgIpc) is 2.90. The minimum absolute atomic E-state index is 0.111. The Morgan fingerprint density at radius 1 is 0.857 bits per heavy atom. The van der Waals surface area contributed by atoms with Crippen molar-refractivity contribution in [3.8, 4) is 5.75 Å². The second kappa shape index (κ2) is 10.1. The minimum atomic E-state index is -0.186. The van der Waals surface area contributed by atoms with Gasteiger partial charge in [-0.3, -0.25) is 9.59 Å². The quantitative estimate of drug-likeness (QED) is 0.448. The number of rotatable bonds is 6. The van der Waals surface area contributed by atoms with E-state index in [0.29, 0.717) is 42.0 Å². The van der Waals surface area contributed by atoms with Crippen LogP contribution >= 0.6 is 0 Å². The van der Waals surface area contributed by atoms with Crippen molar-refractivity contribution in [2.75, 3.05) is 13.1 Å². The summed E-state index contributed by atoms with van der Waals surface area (Å²) in [5.41, 5.74) is 2.34. The fourth-order valence-corrected chi connectivity index (χ4v) is 4.86. The number of amides is 1. The number of carbonyl (C=O) groups is 1. The highest BCUT2D eigenvalue weighted by Crippen LogP contribution is 2.25. The van der Waals surface area contributed by atoms with Gasteiger partial charge in [0.25, 0.3) is 11.5 Å². The number of phenolic OH excluding ortho intramolecular Hbond substituents is 1. The van der Waals surface area contributed by atoms with Gasteiger partial charge in [-0.25, -0.2) is 4.68 Å². The molecule has 0 unspecified atom stereocenters. The molecule has 3 aromatic carbocycles. The third kappa shape index (κ3) is 5.11. The lowest BCUT2D eigenvalue weighted by Gasteiger charge is -2.32. The van der Waals surface area contributed by atoms with Crippen LogP contribution in [0.2, 0.25) is 0 Å². The summed E-state index contributed by atoms with van der Waals surface area (Å²) in [6.07, 6.45) is 3.93. The summed E-state index contributed by atoms with van der Waals surface area (Å²) in [6, 6.07) is 24.3. The maximum absolute atomic E-state index is 13.6. The lowest BCUT2D eigenvalue weighted by molar-refractivity contribution is 0.0680. The lowest BCUT2D eigenvalue weighted by Crippen LogP contribution is -2.40. The van der Waals surface area contributed by atoms with Gasteiger partial charge >= 0.3 is 0 Å². The third-order valence-corrected chi connectivity index (χ3v) is 6.92. The molecular formula is C29H29N3O3. The predicted octanol–water partition coefficient (Wildman–Crippen LogP) is 4.64. The Hall–Kier alpha value is -3.93. The van der Waals surface area contributed by atoms with E-state index in [9.17, 15) is 14.7 Å². The Labute approximate surface area is 204 Å². The normalized spacial score (nSPS) is 14.3. The van der Waals surface area contributed by atoms with E-state index in [1.54, 1.807) is 18.2 Å². The number of hydrogen-bond donors (Lipinski definition) is 1. The standard InChI is InChI=1S/C29H29N3O3/c33-24-14-12-21(13-15-24)10-11-22-16-18-31(19-17-22)29(35)27-25-8-4-5-9-26(25)28(34)32(30-27)20-23-6-2-1-3-7-23/h1-9,12-15,22,33H,10-11,16-20H2. The Balaban J connectivity index is 1.32. The van der Waals surface area contributed by atoms with E-state index in [2.05, 4.69) is 5.10 Å². The number of aromatic nitrogens is 2. The van der Waals surface area contributed by atoms with Crippen LogP contribution < -0.4 is 5.56 Å². The SMILES string of the molecule is O=C(c1nn(Cc2ccccc2)c(=O)c2ccccc12)N1CCC(CCc2ccc(O)cc2)CC1. The molecule has 0 aliphatic carbocycles. The molecule has 1 aliphatic heterocycles. The van der Waals surface area contributed by atoms with Crippen molar-refractivity contribution in [1.82, 2.24) is 14.7 Å². The highest BCUT2D eigenvalue weighted by atomic mass is 16.3. The van der Waals surface area contributed by atoms with Gasteiger partial charge in [0.1, 0.15) is 5.75 Å². The first-order chi connectivity index (χ1) is 17.1. The van der Waals surface area contributed by atoms with Gasteiger partial charge in [0.15, 0.2) is 5.69 Å². The van der Waals surface area contributed by atoms with Crippen LogP contribution in [0.25, 0.3) is 10.8 Å². The Bertz CT molecular complexity index is 1370. The van der Waals surface area contributed by atoms with Crippen LogP contribution in [0.3, 0.4) is 0 Å². The number of fused-ring (bicyclic) bond motifs is 1. The molecule has 35 heavy (non-hydrogen) atoms. The molecule has 1 N–H and O–H groups in total. The number of aromatic hydroxyl groups is 1.